The highest BCUT2D eigenvalue weighted by Gasteiger charge is 2.26. The number of para-hydroxylation sites is 2. The van der Waals surface area contributed by atoms with Gasteiger partial charge in [-0.2, -0.15) is 0 Å². The summed E-state index contributed by atoms with van der Waals surface area (Å²) in [6, 6.07) is 14.3. The van der Waals surface area contributed by atoms with Crippen molar-refractivity contribution in [1.29, 1.82) is 0 Å². The highest BCUT2D eigenvalue weighted by molar-refractivity contribution is 5.93. The van der Waals surface area contributed by atoms with E-state index in [4.69, 9.17) is 4.74 Å². The second kappa shape index (κ2) is 9.44. The predicted octanol–water partition coefficient (Wildman–Crippen LogP) is 3.56. The van der Waals surface area contributed by atoms with Gasteiger partial charge in [0.15, 0.2) is 0 Å². The van der Waals surface area contributed by atoms with E-state index in [2.05, 4.69) is 29.0 Å². The van der Waals surface area contributed by atoms with Crippen LogP contribution in [0.25, 0.3) is 0 Å². The number of non-ortho nitro benzene ring substituents is 1. The van der Waals surface area contributed by atoms with E-state index in [-0.39, 0.29) is 23.9 Å². The van der Waals surface area contributed by atoms with Crippen LogP contribution < -0.4 is 15.1 Å². The number of anilines is 3. The van der Waals surface area contributed by atoms with Crippen molar-refractivity contribution in [3.63, 3.8) is 0 Å². The zero-order valence-electron chi connectivity index (χ0n) is 18.4. The van der Waals surface area contributed by atoms with E-state index >= 15 is 0 Å². The van der Waals surface area contributed by atoms with Gasteiger partial charge < -0.3 is 24.8 Å². The molecular weight excluding hydrogens is 410 g/mol. The number of carbonyl (C=O) groups excluding carboxylic acids is 1. The summed E-state index contributed by atoms with van der Waals surface area (Å²) in [7, 11) is 0. The Balaban J connectivity index is 1.37. The van der Waals surface area contributed by atoms with Gasteiger partial charge in [0.25, 0.3) is 5.69 Å². The molecule has 9 nitrogen and oxygen atoms in total. The van der Waals surface area contributed by atoms with Gasteiger partial charge >= 0.3 is 6.03 Å². The van der Waals surface area contributed by atoms with Gasteiger partial charge in [-0.1, -0.05) is 12.1 Å². The van der Waals surface area contributed by atoms with Crippen LogP contribution in [0.2, 0.25) is 0 Å². The molecule has 2 aliphatic rings. The molecule has 0 aromatic heterocycles. The van der Waals surface area contributed by atoms with Crippen molar-refractivity contribution in [2.24, 2.45) is 0 Å². The van der Waals surface area contributed by atoms with Crippen molar-refractivity contribution in [3.05, 3.63) is 58.6 Å². The Morgan fingerprint density at radius 3 is 2.22 bits per heavy atom. The second-order valence-electron chi connectivity index (χ2n) is 8.36. The van der Waals surface area contributed by atoms with E-state index < -0.39 is 4.92 Å². The largest absolute Gasteiger partial charge is 0.372 e. The molecule has 9 heteroatoms. The van der Waals surface area contributed by atoms with E-state index in [1.165, 1.54) is 12.1 Å². The van der Waals surface area contributed by atoms with Gasteiger partial charge in [0.1, 0.15) is 0 Å². The number of morpholine rings is 1. The molecule has 2 aromatic rings. The first kappa shape index (κ1) is 21.9. The fourth-order valence-electron chi connectivity index (χ4n) is 4.38. The topological polar surface area (TPSA) is 91.2 Å². The normalized spacial score (nSPS) is 21.4. The molecule has 0 bridgehead atoms. The van der Waals surface area contributed by atoms with Crippen LogP contribution in [0, 0.1) is 10.1 Å². The average Bonchev–Trinajstić information content (AvgIpc) is 2.79. The summed E-state index contributed by atoms with van der Waals surface area (Å²) in [4.78, 5) is 29.6. The Morgan fingerprint density at radius 2 is 1.59 bits per heavy atom. The first-order chi connectivity index (χ1) is 15.4. The van der Waals surface area contributed by atoms with Crippen molar-refractivity contribution in [2.45, 2.75) is 26.1 Å². The number of benzene rings is 2. The molecule has 0 saturated carbocycles. The second-order valence-corrected chi connectivity index (χ2v) is 8.36. The molecule has 2 aromatic carbocycles. The number of carbonyl (C=O) groups is 1. The summed E-state index contributed by atoms with van der Waals surface area (Å²) in [6.45, 7) is 8.20. The van der Waals surface area contributed by atoms with E-state index in [9.17, 15) is 14.9 Å². The van der Waals surface area contributed by atoms with Crippen LogP contribution in [0.15, 0.2) is 48.5 Å². The third kappa shape index (κ3) is 4.94. The monoisotopic (exact) mass is 439 g/mol. The lowest BCUT2D eigenvalue weighted by Crippen LogP contribution is -2.50. The molecule has 1 N–H and O–H groups in total. The molecule has 2 heterocycles. The smallest absolute Gasteiger partial charge is 0.322 e. The molecule has 2 atom stereocenters. The Morgan fingerprint density at radius 1 is 0.969 bits per heavy atom. The van der Waals surface area contributed by atoms with Crippen LogP contribution in [0.1, 0.15) is 13.8 Å². The van der Waals surface area contributed by atoms with Gasteiger partial charge in [-0.25, -0.2) is 4.79 Å². The van der Waals surface area contributed by atoms with Gasteiger partial charge in [-0.05, 0) is 38.1 Å². The Labute approximate surface area is 187 Å². The first-order valence-electron chi connectivity index (χ1n) is 11.0. The fraction of sp³-hybridized carbons (Fsp3) is 0.435. The number of nitro benzene ring substituents is 1. The summed E-state index contributed by atoms with van der Waals surface area (Å²) in [6.07, 6.45) is 0.269. The van der Waals surface area contributed by atoms with Crippen molar-refractivity contribution in [2.75, 3.05) is 54.4 Å². The lowest BCUT2D eigenvalue weighted by Gasteiger charge is -2.38. The van der Waals surface area contributed by atoms with Crippen LogP contribution in [0.5, 0.6) is 0 Å². The third-order valence-electron chi connectivity index (χ3n) is 5.90. The summed E-state index contributed by atoms with van der Waals surface area (Å²) in [5.41, 5.74) is 2.81. The number of urea groups is 1. The van der Waals surface area contributed by atoms with Gasteiger partial charge in [-0.15, -0.1) is 0 Å². The Kier molecular flexibility index (Phi) is 6.45. The molecule has 2 fully saturated rings. The minimum atomic E-state index is -0.401. The van der Waals surface area contributed by atoms with Gasteiger partial charge in [0, 0.05) is 57.1 Å². The number of amides is 2. The maximum absolute atomic E-state index is 13.0. The van der Waals surface area contributed by atoms with Crippen molar-refractivity contribution >= 4 is 28.8 Å². The summed E-state index contributed by atoms with van der Waals surface area (Å²) in [5, 5.41) is 13.9. The molecular formula is C23H29N5O4. The van der Waals surface area contributed by atoms with Gasteiger partial charge in [0.2, 0.25) is 0 Å². The molecule has 170 valence electrons. The van der Waals surface area contributed by atoms with Crippen LogP contribution in [-0.2, 0) is 4.74 Å². The fourth-order valence-corrected chi connectivity index (χ4v) is 4.38. The Hall–Kier alpha value is -3.33. The number of hydrogen-bond acceptors (Lipinski definition) is 6. The summed E-state index contributed by atoms with van der Waals surface area (Å²) < 4.78 is 5.84. The molecule has 0 radical (unpaired) electrons. The lowest BCUT2D eigenvalue weighted by atomic mass is 10.1. The van der Waals surface area contributed by atoms with Gasteiger partial charge in [0.05, 0.1) is 28.5 Å². The number of hydrogen-bond donors (Lipinski definition) is 1. The number of ether oxygens (including phenoxy) is 1. The highest BCUT2D eigenvalue weighted by Crippen LogP contribution is 2.29. The average molecular weight is 440 g/mol. The molecule has 0 spiro atoms. The SMILES string of the molecule is CC1CN(c2ccccc2NC(=O)N2CCN(c3ccc([N+](=O)[O-])cc3)CC2)CC(C)O1. The number of nitrogens with one attached hydrogen (secondary N) is 1. The van der Waals surface area contributed by atoms with Crippen LogP contribution in [0.4, 0.5) is 27.5 Å². The Bertz CT molecular complexity index is 949. The van der Waals surface area contributed by atoms with Gasteiger partial charge in [-0.3, -0.25) is 10.1 Å². The number of nitrogens with zero attached hydrogens (tertiary/aromatic N) is 4. The quantitative estimate of drug-likeness (QED) is 0.579. The number of rotatable bonds is 4. The highest BCUT2D eigenvalue weighted by atomic mass is 16.6. The molecule has 2 saturated heterocycles. The number of piperazine rings is 1. The van der Waals surface area contributed by atoms with Crippen molar-refractivity contribution in [1.82, 2.24) is 4.90 Å². The minimum absolute atomic E-state index is 0.0782. The molecule has 32 heavy (non-hydrogen) atoms. The summed E-state index contributed by atoms with van der Waals surface area (Å²) >= 11 is 0. The zero-order valence-corrected chi connectivity index (χ0v) is 18.4. The van der Waals surface area contributed by atoms with E-state index in [1.807, 2.05) is 29.2 Å². The predicted molar refractivity (Wildman–Crippen MR) is 125 cm³/mol. The van der Waals surface area contributed by atoms with Crippen LogP contribution in [-0.4, -0.2) is 67.3 Å². The lowest BCUT2D eigenvalue weighted by molar-refractivity contribution is -0.384. The first-order valence-corrected chi connectivity index (χ1v) is 11.0. The summed E-state index contributed by atoms with van der Waals surface area (Å²) in [5.74, 6) is 0. The molecule has 2 unspecified atom stereocenters. The maximum Gasteiger partial charge on any atom is 0.322 e. The molecule has 2 aliphatic heterocycles. The standard InChI is InChI=1S/C23H29N5O4/c1-17-15-27(16-18(2)32-17)22-6-4-3-5-21(22)24-23(29)26-13-11-25(12-14-26)19-7-9-20(10-8-19)28(30)31/h3-10,17-18H,11-16H2,1-2H3,(H,24,29). The van der Waals surface area contributed by atoms with Crippen molar-refractivity contribution in [3.8, 4) is 0 Å². The molecule has 4 rings (SSSR count). The van der Waals surface area contributed by atoms with E-state index in [0.717, 1.165) is 30.2 Å². The molecule has 2 amide bonds. The van der Waals surface area contributed by atoms with E-state index in [1.54, 1.807) is 12.1 Å². The van der Waals surface area contributed by atoms with Crippen molar-refractivity contribution < 1.29 is 14.5 Å². The van der Waals surface area contributed by atoms with Crippen LogP contribution in [0.3, 0.4) is 0 Å². The third-order valence-corrected chi connectivity index (χ3v) is 5.90. The maximum atomic E-state index is 13.0. The minimum Gasteiger partial charge on any atom is -0.372 e. The zero-order chi connectivity index (χ0) is 22.7. The van der Waals surface area contributed by atoms with E-state index in [0.29, 0.717) is 26.2 Å². The number of nitro groups is 1. The van der Waals surface area contributed by atoms with Crippen LogP contribution >= 0.6 is 0 Å². The molecule has 0 aliphatic carbocycles.